The third kappa shape index (κ3) is 3.84. The van der Waals surface area contributed by atoms with Crippen LogP contribution in [0.2, 0.25) is 0 Å². The number of nitrogens with one attached hydrogen (secondary N) is 1. The van der Waals surface area contributed by atoms with Crippen molar-refractivity contribution in [3.05, 3.63) is 74.3 Å². The van der Waals surface area contributed by atoms with E-state index in [4.69, 9.17) is 0 Å². The smallest absolute Gasteiger partial charge is 0.267 e. The Balaban J connectivity index is 2.21. The van der Waals surface area contributed by atoms with E-state index in [1.54, 1.807) is 0 Å². The summed E-state index contributed by atoms with van der Waals surface area (Å²) in [5.41, 5.74) is 7.56. The van der Waals surface area contributed by atoms with E-state index in [-0.39, 0.29) is 11.3 Å². The number of aryl methyl sites for hydroxylation is 3. The second-order valence-corrected chi connectivity index (χ2v) is 5.70. The quantitative estimate of drug-likeness (QED) is 0.529. The summed E-state index contributed by atoms with van der Waals surface area (Å²) in [7, 11) is 0. The molecule has 1 amide bonds. The van der Waals surface area contributed by atoms with Crippen LogP contribution in [0, 0.1) is 30.9 Å². The fraction of sp³-hybridized carbons (Fsp3) is 0.222. The predicted molar refractivity (Wildman–Crippen MR) is 93.4 cm³/mol. The van der Waals surface area contributed by atoms with E-state index in [0.717, 1.165) is 16.7 Å². The normalized spacial score (nSPS) is 11.2. The molecule has 0 atom stereocenters. The van der Waals surface area contributed by atoms with Crippen LogP contribution in [0.25, 0.3) is 0 Å². The monoisotopic (exact) mass is 325 g/mol. The van der Waals surface area contributed by atoms with Crippen molar-refractivity contribution >= 4 is 17.3 Å². The van der Waals surface area contributed by atoms with Crippen molar-refractivity contribution in [3.8, 4) is 0 Å². The first-order valence-corrected chi connectivity index (χ1v) is 7.47. The SMILES string of the molecule is CC(=NNC(=O)c1cccc([N+](=O)[O-])c1)c1cc(C)c(C)cc1C. The highest BCUT2D eigenvalue weighted by Gasteiger charge is 2.11. The van der Waals surface area contributed by atoms with Gasteiger partial charge in [-0.15, -0.1) is 0 Å². The van der Waals surface area contributed by atoms with Crippen LogP contribution in [0.1, 0.15) is 39.5 Å². The molecule has 0 fully saturated rings. The zero-order valence-corrected chi connectivity index (χ0v) is 14.1. The fourth-order valence-corrected chi connectivity index (χ4v) is 2.37. The number of rotatable bonds is 4. The summed E-state index contributed by atoms with van der Waals surface area (Å²) in [4.78, 5) is 22.4. The van der Waals surface area contributed by atoms with Gasteiger partial charge in [0.15, 0.2) is 0 Å². The summed E-state index contributed by atoms with van der Waals surface area (Å²) in [5, 5.41) is 14.9. The Kier molecular flexibility index (Phi) is 5.08. The molecule has 0 spiro atoms. The third-order valence-electron chi connectivity index (χ3n) is 3.87. The van der Waals surface area contributed by atoms with E-state index in [2.05, 4.69) is 16.6 Å². The van der Waals surface area contributed by atoms with E-state index in [0.29, 0.717) is 5.71 Å². The Morgan fingerprint density at radius 2 is 1.75 bits per heavy atom. The lowest BCUT2D eigenvalue weighted by molar-refractivity contribution is -0.384. The molecule has 0 saturated carbocycles. The second kappa shape index (κ2) is 7.04. The van der Waals surface area contributed by atoms with Crippen LogP contribution in [0.3, 0.4) is 0 Å². The average Bonchev–Trinajstić information content (AvgIpc) is 2.55. The van der Waals surface area contributed by atoms with Crippen LogP contribution in [-0.2, 0) is 0 Å². The molecule has 2 aromatic rings. The van der Waals surface area contributed by atoms with Crippen LogP contribution in [0.4, 0.5) is 5.69 Å². The number of carbonyl (C=O) groups is 1. The van der Waals surface area contributed by atoms with Crippen molar-refractivity contribution in [2.24, 2.45) is 5.10 Å². The Labute approximate surface area is 140 Å². The predicted octanol–water partition coefficient (Wildman–Crippen LogP) is 3.67. The summed E-state index contributed by atoms with van der Waals surface area (Å²) < 4.78 is 0. The van der Waals surface area contributed by atoms with Crippen molar-refractivity contribution in [2.45, 2.75) is 27.7 Å². The maximum atomic E-state index is 12.1. The summed E-state index contributed by atoms with van der Waals surface area (Å²) in [6, 6.07) is 9.64. The molecule has 1 N–H and O–H groups in total. The number of carbonyl (C=O) groups excluding carboxylic acids is 1. The second-order valence-electron chi connectivity index (χ2n) is 5.70. The molecule has 0 aromatic heterocycles. The molecule has 0 radical (unpaired) electrons. The number of hydrogen-bond donors (Lipinski definition) is 1. The zero-order chi connectivity index (χ0) is 17.9. The van der Waals surface area contributed by atoms with Gasteiger partial charge in [-0.3, -0.25) is 14.9 Å². The molecule has 6 nitrogen and oxygen atoms in total. The molecule has 24 heavy (non-hydrogen) atoms. The van der Waals surface area contributed by atoms with Crippen molar-refractivity contribution in [1.29, 1.82) is 0 Å². The Hall–Kier alpha value is -3.02. The first-order valence-electron chi connectivity index (χ1n) is 7.47. The van der Waals surface area contributed by atoms with Crippen molar-refractivity contribution < 1.29 is 9.72 Å². The summed E-state index contributed by atoms with van der Waals surface area (Å²) >= 11 is 0. The Morgan fingerprint density at radius 3 is 2.42 bits per heavy atom. The lowest BCUT2D eigenvalue weighted by atomic mass is 9.98. The van der Waals surface area contributed by atoms with Gasteiger partial charge in [0, 0.05) is 23.3 Å². The number of hydrazone groups is 1. The van der Waals surface area contributed by atoms with E-state index in [1.165, 1.54) is 29.8 Å². The number of benzene rings is 2. The molecule has 0 aliphatic rings. The minimum absolute atomic E-state index is 0.131. The highest BCUT2D eigenvalue weighted by atomic mass is 16.6. The van der Waals surface area contributed by atoms with E-state index in [9.17, 15) is 14.9 Å². The van der Waals surface area contributed by atoms with Gasteiger partial charge in [-0.2, -0.15) is 5.10 Å². The fourth-order valence-electron chi connectivity index (χ4n) is 2.37. The zero-order valence-electron chi connectivity index (χ0n) is 14.1. The maximum absolute atomic E-state index is 12.1. The molecular formula is C18H19N3O3. The molecule has 2 aromatic carbocycles. The van der Waals surface area contributed by atoms with Gasteiger partial charge >= 0.3 is 0 Å². The van der Waals surface area contributed by atoms with Crippen molar-refractivity contribution in [3.63, 3.8) is 0 Å². The minimum atomic E-state index is -0.538. The summed E-state index contributed by atoms with van der Waals surface area (Å²) in [6.45, 7) is 7.86. The first kappa shape index (κ1) is 17.3. The molecule has 0 unspecified atom stereocenters. The number of nitrogens with zero attached hydrogens (tertiary/aromatic N) is 2. The lowest BCUT2D eigenvalue weighted by Gasteiger charge is -2.10. The van der Waals surface area contributed by atoms with E-state index in [1.807, 2.05) is 33.8 Å². The maximum Gasteiger partial charge on any atom is 0.271 e. The first-order chi connectivity index (χ1) is 11.3. The van der Waals surface area contributed by atoms with Gasteiger partial charge in [-0.1, -0.05) is 12.1 Å². The van der Waals surface area contributed by atoms with Crippen LogP contribution < -0.4 is 5.43 Å². The number of nitro groups is 1. The van der Waals surface area contributed by atoms with Crippen molar-refractivity contribution in [2.75, 3.05) is 0 Å². The number of amides is 1. The molecule has 0 aliphatic carbocycles. The highest BCUT2D eigenvalue weighted by Crippen LogP contribution is 2.16. The third-order valence-corrected chi connectivity index (χ3v) is 3.87. The number of non-ortho nitro benzene ring substituents is 1. The summed E-state index contributed by atoms with van der Waals surface area (Å²) in [6.07, 6.45) is 0. The summed E-state index contributed by atoms with van der Waals surface area (Å²) in [5.74, 6) is -0.487. The molecule has 124 valence electrons. The lowest BCUT2D eigenvalue weighted by Crippen LogP contribution is -2.19. The van der Waals surface area contributed by atoms with Gasteiger partial charge in [0.05, 0.1) is 10.6 Å². The van der Waals surface area contributed by atoms with Gasteiger partial charge in [0.1, 0.15) is 0 Å². The van der Waals surface area contributed by atoms with Gasteiger partial charge in [0.2, 0.25) is 0 Å². The molecule has 0 bridgehead atoms. The van der Waals surface area contributed by atoms with Gasteiger partial charge in [0.25, 0.3) is 11.6 Å². The topological polar surface area (TPSA) is 84.6 Å². The van der Waals surface area contributed by atoms with E-state index >= 15 is 0 Å². The van der Waals surface area contributed by atoms with Crippen LogP contribution >= 0.6 is 0 Å². The van der Waals surface area contributed by atoms with Gasteiger partial charge in [-0.05, 0) is 56.5 Å². The van der Waals surface area contributed by atoms with Crippen LogP contribution in [0.15, 0.2) is 41.5 Å². The standard InChI is InChI=1S/C18H19N3O3/c1-11-8-13(3)17(9-12(11)2)14(4)19-20-18(22)15-6-5-7-16(10-15)21(23)24/h5-10H,1-4H3,(H,20,22). The number of nitro benzene ring substituents is 1. The molecular weight excluding hydrogens is 306 g/mol. The Morgan fingerprint density at radius 1 is 1.08 bits per heavy atom. The molecule has 6 heteroatoms. The average molecular weight is 325 g/mol. The molecule has 0 saturated heterocycles. The minimum Gasteiger partial charge on any atom is -0.267 e. The van der Waals surface area contributed by atoms with Crippen LogP contribution in [0.5, 0.6) is 0 Å². The van der Waals surface area contributed by atoms with Crippen molar-refractivity contribution in [1.82, 2.24) is 5.43 Å². The number of hydrogen-bond acceptors (Lipinski definition) is 4. The largest absolute Gasteiger partial charge is 0.271 e. The van der Waals surface area contributed by atoms with Gasteiger partial charge < -0.3 is 0 Å². The van der Waals surface area contributed by atoms with Crippen LogP contribution in [-0.4, -0.2) is 16.5 Å². The van der Waals surface area contributed by atoms with E-state index < -0.39 is 10.8 Å². The molecule has 2 rings (SSSR count). The Bertz CT molecular complexity index is 841. The highest BCUT2D eigenvalue weighted by molar-refractivity contribution is 6.02. The molecule has 0 aliphatic heterocycles. The van der Waals surface area contributed by atoms with Gasteiger partial charge in [-0.25, -0.2) is 5.43 Å². The molecule has 0 heterocycles.